The van der Waals surface area contributed by atoms with Crippen molar-refractivity contribution in [3.05, 3.63) is 68.8 Å². The molecule has 4 aliphatic heterocycles. The van der Waals surface area contributed by atoms with Crippen LogP contribution in [0.2, 0.25) is 0 Å². The Balaban J connectivity index is 0.000000185. The summed E-state index contributed by atoms with van der Waals surface area (Å²) in [5.74, 6) is 0.641. The number of aliphatic hydroxyl groups is 1. The molecule has 0 amide bonds. The minimum absolute atomic E-state index is 0.0000583. The number of ether oxygens (including phenoxy) is 7. The molecule has 4 aliphatic rings. The Morgan fingerprint density at radius 3 is 1.49 bits per heavy atom. The first kappa shape index (κ1) is 34.0. The SMILES string of the molecule is CC(=O)Cl.CC(=O)O[C@H]1CO[C@@H]2C(Oc3ccc([N+](=O)[O-])cc3)CO[C@H]12.O=[N+]([O-])c1ccc(OC2CO[C@H]3[C@@H]2OC[C@@H]3O)cc1. The Bertz CT molecular complexity index is 1340. The number of benzene rings is 2. The van der Waals surface area contributed by atoms with Gasteiger partial charge in [-0.3, -0.25) is 29.8 Å². The normalized spacial score (nSPS) is 29.2. The number of nitro groups is 2. The van der Waals surface area contributed by atoms with E-state index in [1.54, 1.807) is 0 Å². The van der Waals surface area contributed by atoms with Gasteiger partial charge in [0, 0.05) is 38.1 Å². The van der Waals surface area contributed by atoms with Crippen molar-refractivity contribution >= 4 is 34.2 Å². The maximum atomic E-state index is 11.0. The molecule has 16 nitrogen and oxygen atoms in total. The van der Waals surface area contributed by atoms with Crippen LogP contribution >= 0.6 is 11.6 Å². The van der Waals surface area contributed by atoms with Gasteiger partial charge in [-0.05, 0) is 35.9 Å². The predicted molar refractivity (Wildman–Crippen MR) is 152 cm³/mol. The molecule has 8 atom stereocenters. The standard InChI is InChI=1S/C14H15NO7.C12H13NO6.C2H3ClO/c1-8(16)21-11-6-19-14-12(7-20-13(11)14)22-10-4-2-9(3-5-10)15(17)18;14-9-5-17-12-10(6-18-11(9)12)19-8-3-1-7(2-4-8)13(15)16;1-2(3)4/h2-5,11-14H,6-7H2,1H3;1-4,9-12,14H,5-6H2;1H3/t11-,12?,13+,14+;9-,10?,11+,12+;/m00./s1. The first-order valence-electron chi connectivity index (χ1n) is 13.7. The van der Waals surface area contributed by atoms with Crippen LogP contribution in [0.5, 0.6) is 11.5 Å². The van der Waals surface area contributed by atoms with Crippen molar-refractivity contribution < 1.29 is 57.7 Å². The second-order valence-corrected chi connectivity index (χ2v) is 10.7. The molecular weight excluding hydrogens is 624 g/mol. The van der Waals surface area contributed by atoms with Gasteiger partial charge in [-0.25, -0.2) is 0 Å². The second-order valence-electron chi connectivity index (χ2n) is 10.2. The fraction of sp³-hybridized carbons (Fsp3) is 0.500. The molecule has 6 rings (SSSR count). The van der Waals surface area contributed by atoms with Gasteiger partial charge in [-0.15, -0.1) is 0 Å². The van der Waals surface area contributed by atoms with E-state index in [2.05, 4.69) is 11.6 Å². The van der Waals surface area contributed by atoms with Crippen molar-refractivity contribution in [2.45, 2.75) is 62.7 Å². The van der Waals surface area contributed by atoms with Crippen LogP contribution in [0.4, 0.5) is 11.4 Å². The third kappa shape index (κ3) is 9.06. The number of hydrogen-bond donors (Lipinski definition) is 1. The van der Waals surface area contributed by atoms with Gasteiger partial charge >= 0.3 is 5.97 Å². The highest BCUT2D eigenvalue weighted by atomic mass is 35.5. The molecule has 0 saturated carbocycles. The Morgan fingerprint density at radius 1 is 0.711 bits per heavy atom. The highest BCUT2D eigenvalue weighted by Gasteiger charge is 2.51. The molecule has 4 fully saturated rings. The lowest BCUT2D eigenvalue weighted by atomic mass is 10.1. The van der Waals surface area contributed by atoms with Gasteiger partial charge in [0.1, 0.15) is 42.0 Å². The van der Waals surface area contributed by atoms with Crippen molar-refractivity contribution in [1.82, 2.24) is 0 Å². The van der Waals surface area contributed by atoms with E-state index < -0.39 is 22.1 Å². The number of carbonyl (C=O) groups is 2. The van der Waals surface area contributed by atoms with E-state index in [4.69, 9.17) is 33.2 Å². The van der Waals surface area contributed by atoms with Crippen molar-refractivity contribution in [2.24, 2.45) is 0 Å². The summed E-state index contributed by atoms with van der Waals surface area (Å²) in [5, 5.41) is 30.4. The van der Waals surface area contributed by atoms with Crippen LogP contribution in [-0.2, 0) is 33.3 Å². The van der Waals surface area contributed by atoms with Crippen molar-refractivity contribution in [2.75, 3.05) is 26.4 Å². The number of nitrogens with zero attached hydrogens (tertiary/aromatic N) is 2. The number of nitro benzene ring substituents is 2. The van der Waals surface area contributed by atoms with Crippen LogP contribution < -0.4 is 9.47 Å². The van der Waals surface area contributed by atoms with Gasteiger partial charge in [0.2, 0.25) is 5.24 Å². The molecule has 0 aromatic heterocycles. The summed E-state index contributed by atoms with van der Waals surface area (Å²) in [6.07, 6.45) is -2.97. The highest BCUT2D eigenvalue weighted by Crippen LogP contribution is 2.32. The Kier molecular flexibility index (Phi) is 11.6. The molecule has 0 bridgehead atoms. The Labute approximate surface area is 261 Å². The molecular formula is C28H31ClN2O14. The van der Waals surface area contributed by atoms with Crippen molar-refractivity contribution in [3.63, 3.8) is 0 Å². The number of fused-ring (bicyclic) bond motifs is 2. The number of esters is 1. The monoisotopic (exact) mass is 654 g/mol. The van der Waals surface area contributed by atoms with E-state index >= 15 is 0 Å². The largest absolute Gasteiger partial charge is 0.485 e. The van der Waals surface area contributed by atoms with E-state index in [0.717, 1.165) is 0 Å². The van der Waals surface area contributed by atoms with E-state index in [1.807, 2.05) is 0 Å². The molecule has 2 aromatic carbocycles. The van der Waals surface area contributed by atoms with Crippen LogP contribution in [-0.4, -0.2) is 101 Å². The molecule has 2 unspecified atom stereocenters. The minimum atomic E-state index is -0.615. The second kappa shape index (κ2) is 15.4. The average molecular weight is 655 g/mol. The summed E-state index contributed by atoms with van der Waals surface area (Å²) >= 11 is 4.64. The van der Waals surface area contributed by atoms with E-state index in [9.17, 15) is 34.9 Å². The lowest BCUT2D eigenvalue weighted by Crippen LogP contribution is -2.36. The molecule has 1 N–H and O–H groups in total. The zero-order chi connectivity index (χ0) is 32.7. The summed E-state index contributed by atoms with van der Waals surface area (Å²) in [5.41, 5.74) is 0.0142. The van der Waals surface area contributed by atoms with E-state index in [-0.39, 0.29) is 72.4 Å². The van der Waals surface area contributed by atoms with Crippen LogP contribution in [0.3, 0.4) is 0 Å². The summed E-state index contributed by atoms with van der Waals surface area (Å²) in [7, 11) is 0. The fourth-order valence-corrected chi connectivity index (χ4v) is 5.03. The van der Waals surface area contributed by atoms with Gasteiger partial charge in [0.05, 0.1) is 36.3 Å². The number of carbonyl (C=O) groups excluding carboxylic acids is 2. The molecule has 0 aliphatic carbocycles. The summed E-state index contributed by atoms with van der Waals surface area (Å²) in [6.45, 7) is 3.80. The topological polar surface area (TPSA) is 205 Å². The first-order chi connectivity index (χ1) is 21.4. The molecule has 45 heavy (non-hydrogen) atoms. The van der Waals surface area contributed by atoms with E-state index in [0.29, 0.717) is 24.7 Å². The van der Waals surface area contributed by atoms with Gasteiger partial charge in [0.25, 0.3) is 11.4 Å². The summed E-state index contributed by atoms with van der Waals surface area (Å²) in [4.78, 5) is 40.5. The van der Waals surface area contributed by atoms with Gasteiger partial charge in [-0.2, -0.15) is 0 Å². The van der Waals surface area contributed by atoms with Crippen LogP contribution in [0.25, 0.3) is 0 Å². The summed E-state index contributed by atoms with van der Waals surface area (Å²) in [6, 6.07) is 11.7. The number of aliphatic hydroxyl groups excluding tert-OH is 1. The lowest BCUT2D eigenvalue weighted by molar-refractivity contribution is -0.385. The molecule has 0 spiro atoms. The number of hydrogen-bond acceptors (Lipinski definition) is 14. The quantitative estimate of drug-likeness (QED) is 0.197. The Hall–Kier alpha value is -3.93. The van der Waals surface area contributed by atoms with Crippen LogP contribution in [0.1, 0.15) is 13.8 Å². The maximum Gasteiger partial charge on any atom is 0.303 e. The zero-order valence-corrected chi connectivity index (χ0v) is 24.8. The van der Waals surface area contributed by atoms with Gasteiger partial charge in [-0.1, -0.05) is 0 Å². The molecule has 4 heterocycles. The highest BCUT2D eigenvalue weighted by molar-refractivity contribution is 6.62. The van der Waals surface area contributed by atoms with Crippen molar-refractivity contribution in [3.8, 4) is 11.5 Å². The minimum Gasteiger partial charge on any atom is -0.485 e. The number of rotatable bonds is 7. The third-order valence-electron chi connectivity index (χ3n) is 6.93. The smallest absolute Gasteiger partial charge is 0.303 e. The predicted octanol–water partition coefficient (Wildman–Crippen LogP) is 2.34. The molecule has 0 radical (unpaired) electrons. The third-order valence-corrected chi connectivity index (χ3v) is 6.93. The lowest BCUT2D eigenvalue weighted by Gasteiger charge is -2.17. The molecule has 4 saturated heterocycles. The summed E-state index contributed by atoms with van der Waals surface area (Å²) < 4.78 is 38.7. The average Bonchev–Trinajstić information content (AvgIpc) is 3.76. The van der Waals surface area contributed by atoms with Crippen molar-refractivity contribution in [1.29, 1.82) is 0 Å². The number of non-ortho nitro benzene ring substituents is 2. The van der Waals surface area contributed by atoms with E-state index in [1.165, 1.54) is 62.4 Å². The van der Waals surface area contributed by atoms with Crippen LogP contribution in [0.15, 0.2) is 48.5 Å². The molecule has 17 heteroatoms. The molecule has 2 aromatic rings. The van der Waals surface area contributed by atoms with Gasteiger partial charge in [0.15, 0.2) is 18.3 Å². The van der Waals surface area contributed by atoms with Gasteiger partial charge < -0.3 is 38.3 Å². The van der Waals surface area contributed by atoms with Crippen LogP contribution in [0, 0.1) is 20.2 Å². The zero-order valence-electron chi connectivity index (χ0n) is 24.1. The fourth-order valence-electron chi connectivity index (χ4n) is 5.03. The first-order valence-corrected chi connectivity index (χ1v) is 14.1. The Morgan fingerprint density at radius 2 is 1.07 bits per heavy atom. The number of halogens is 1. The molecule has 244 valence electrons. The maximum absolute atomic E-state index is 11.0.